The summed E-state index contributed by atoms with van der Waals surface area (Å²) in [6.45, 7) is 6.24. The number of fused-ring (bicyclic) bond motifs is 5. The van der Waals surface area contributed by atoms with Crippen LogP contribution in [0.25, 0.3) is 21.9 Å². The summed E-state index contributed by atoms with van der Waals surface area (Å²) in [4.78, 5) is 14.5. The first-order valence-electron chi connectivity index (χ1n) is 15.0. The summed E-state index contributed by atoms with van der Waals surface area (Å²) in [5.41, 5.74) is -4.87. The highest BCUT2D eigenvalue weighted by atomic mass is 19.4. The van der Waals surface area contributed by atoms with Gasteiger partial charge in [0, 0.05) is 17.5 Å². The zero-order chi connectivity index (χ0) is 31.8. The van der Waals surface area contributed by atoms with Crippen LogP contribution >= 0.6 is 0 Å². The molecule has 4 nitrogen and oxygen atoms in total. The molecule has 0 saturated heterocycles. The molecular weight excluding hydrogens is 586 g/mol. The SMILES string of the molecule is CC(C)[C@@H]1CC[C@@H](C)C[C@H]1OC(=O)[C@]12CCC[C@@]1(O)Oc1c(-c3cc(C(F)(F)F)cc(C(F)(F)F)c3)cc3ccccc3c12. The predicted molar refractivity (Wildman–Crippen MR) is 152 cm³/mol. The third kappa shape index (κ3) is 4.84. The van der Waals surface area contributed by atoms with Gasteiger partial charge in [-0.05, 0) is 84.0 Å². The fourth-order valence-corrected chi connectivity index (χ4v) is 7.66. The van der Waals surface area contributed by atoms with Gasteiger partial charge >= 0.3 is 18.3 Å². The zero-order valence-corrected chi connectivity index (χ0v) is 24.6. The molecule has 0 amide bonds. The van der Waals surface area contributed by atoms with E-state index in [1.165, 1.54) is 6.07 Å². The van der Waals surface area contributed by atoms with Gasteiger partial charge in [0.1, 0.15) is 11.9 Å². The lowest BCUT2D eigenvalue weighted by Crippen LogP contribution is -2.54. The number of carbonyl (C=O) groups is 1. The molecule has 2 fully saturated rings. The topological polar surface area (TPSA) is 55.8 Å². The predicted octanol–water partition coefficient (Wildman–Crippen LogP) is 9.05. The molecule has 0 aromatic heterocycles. The Morgan fingerprint density at radius 2 is 1.64 bits per heavy atom. The van der Waals surface area contributed by atoms with Gasteiger partial charge in [0.25, 0.3) is 0 Å². The second-order valence-corrected chi connectivity index (χ2v) is 13.1. The van der Waals surface area contributed by atoms with Crippen molar-refractivity contribution in [2.24, 2.45) is 17.8 Å². The molecule has 0 radical (unpaired) electrons. The molecule has 2 saturated carbocycles. The van der Waals surface area contributed by atoms with Crippen molar-refractivity contribution in [2.45, 2.75) is 89.0 Å². The van der Waals surface area contributed by atoms with Crippen molar-refractivity contribution >= 4 is 16.7 Å². The van der Waals surface area contributed by atoms with Gasteiger partial charge < -0.3 is 14.6 Å². The molecule has 3 aliphatic rings. The maximum absolute atomic E-state index is 14.5. The van der Waals surface area contributed by atoms with E-state index in [0.29, 0.717) is 41.7 Å². The second kappa shape index (κ2) is 10.4. The summed E-state index contributed by atoms with van der Waals surface area (Å²) in [6.07, 6.45) is -7.39. The Kier molecular flexibility index (Phi) is 7.26. The number of rotatable bonds is 4. The molecule has 44 heavy (non-hydrogen) atoms. The third-order valence-corrected chi connectivity index (χ3v) is 9.90. The Hall–Kier alpha value is -3.27. The summed E-state index contributed by atoms with van der Waals surface area (Å²) in [6, 6.07) is 9.59. The summed E-state index contributed by atoms with van der Waals surface area (Å²) >= 11 is 0. The number of aliphatic hydroxyl groups is 1. The van der Waals surface area contributed by atoms with Gasteiger partial charge in [0.2, 0.25) is 5.79 Å². The van der Waals surface area contributed by atoms with Crippen LogP contribution in [0.1, 0.15) is 76.0 Å². The Balaban J connectivity index is 1.57. The molecule has 3 aromatic rings. The van der Waals surface area contributed by atoms with Gasteiger partial charge in [0.05, 0.1) is 11.1 Å². The van der Waals surface area contributed by atoms with E-state index in [0.717, 1.165) is 12.8 Å². The molecule has 1 N–H and O–H groups in total. The molecule has 6 rings (SSSR count). The van der Waals surface area contributed by atoms with Gasteiger partial charge in [-0.1, -0.05) is 51.5 Å². The van der Waals surface area contributed by atoms with Gasteiger partial charge in [-0.15, -0.1) is 0 Å². The van der Waals surface area contributed by atoms with Crippen LogP contribution in [-0.2, 0) is 27.3 Å². The van der Waals surface area contributed by atoms with E-state index >= 15 is 0 Å². The fraction of sp³-hybridized carbons (Fsp3) is 0.500. The van der Waals surface area contributed by atoms with E-state index in [9.17, 15) is 36.2 Å². The number of benzene rings is 3. The molecule has 10 heteroatoms. The number of hydrogen-bond acceptors (Lipinski definition) is 4. The van der Waals surface area contributed by atoms with Gasteiger partial charge in [-0.3, -0.25) is 4.79 Å². The van der Waals surface area contributed by atoms with Gasteiger partial charge in [-0.25, -0.2) is 0 Å². The van der Waals surface area contributed by atoms with E-state index in [4.69, 9.17) is 9.47 Å². The van der Waals surface area contributed by atoms with Gasteiger partial charge in [-0.2, -0.15) is 26.3 Å². The van der Waals surface area contributed by atoms with Crippen LogP contribution in [0.2, 0.25) is 0 Å². The first-order chi connectivity index (χ1) is 20.5. The molecule has 0 bridgehead atoms. The number of alkyl halides is 6. The lowest BCUT2D eigenvalue weighted by Gasteiger charge is -2.40. The minimum atomic E-state index is -5.05. The summed E-state index contributed by atoms with van der Waals surface area (Å²) in [7, 11) is 0. The lowest BCUT2D eigenvalue weighted by atomic mass is 9.72. The van der Waals surface area contributed by atoms with E-state index in [-0.39, 0.29) is 53.2 Å². The second-order valence-electron chi connectivity index (χ2n) is 13.1. The Bertz CT molecular complexity index is 1580. The highest BCUT2D eigenvalue weighted by Crippen LogP contribution is 2.62. The molecule has 0 unspecified atom stereocenters. The molecule has 2 aliphatic carbocycles. The highest BCUT2D eigenvalue weighted by molar-refractivity contribution is 6.02. The van der Waals surface area contributed by atoms with Crippen molar-refractivity contribution in [1.29, 1.82) is 0 Å². The minimum absolute atomic E-state index is 0.0373. The molecule has 236 valence electrons. The number of hydrogen-bond donors (Lipinski definition) is 1. The summed E-state index contributed by atoms with van der Waals surface area (Å²) in [5, 5.41) is 13.0. The molecular formula is C34H34F6O4. The molecule has 1 heterocycles. The van der Waals surface area contributed by atoms with E-state index in [1.807, 2.05) is 0 Å². The number of esters is 1. The quantitative estimate of drug-likeness (QED) is 0.234. The third-order valence-electron chi connectivity index (χ3n) is 9.90. The van der Waals surface area contributed by atoms with Crippen LogP contribution in [0, 0.1) is 17.8 Å². The smallest absolute Gasteiger partial charge is 0.416 e. The van der Waals surface area contributed by atoms with E-state index in [2.05, 4.69) is 20.8 Å². The van der Waals surface area contributed by atoms with Crippen molar-refractivity contribution in [3.05, 3.63) is 65.2 Å². The number of halogens is 6. The van der Waals surface area contributed by atoms with Crippen LogP contribution in [0.3, 0.4) is 0 Å². The van der Waals surface area contributed by atoms with E-state index in [1.54, 1.807) is 24.3 Å². The Morgan fingerprint density at radius 3 is 2.27 bits per heavy atom. The molecule has 0 spiro atoms. The number of ether oxygens (including phenoxy) is 2. The number of carbonyl (C=O) groups excluding carboxylic acids is 1. The van der Waals surface area contributed by atoms with Crippen LogP contribution in [0.5, 0.6) is 5.75 Å². The zero-order valence-electron chi connectivity index (χ0n) is 24.6. The summed E-state index contributed by atoms with van der Waals surface area (Å²) in [5.74, 6) is -2.20. The van der Waals surface area contributed by atoms with Crippen molar-refractivity contribution in [2.75, 3.05) is 0 Å². The van der Waals surface area contributed by atoms with Crippen LogP contribution in [-0.4, -0.2) is 23.0 Å². The standard InChI is InChI=1S/C34H34F6O4/c1-18(2)24-10-9-19(3)13-27(24)43-30(41)31-11-6-12-32(31,42)44-29-26(16-20-7-4-5-8-25(20)28(29)31)21-14-22(33(35,36)37)17-23(15-21)34(38,39)40/h4-5,7-8,14-19,24,27,42H,6,9-13H2,1-3H3/t19-,24+,27-,31-,32-/m1/s1. The molecule has 1 aliphatic heterocycles. The Morgan fingerprint density at radius 1 is 0.977 bits per heavy atom. The maximum Gasteiger partial charge on any atom is 0.416 e. The highest BCUT2D eigenvalue weighted by Gasteiger charge is 2.69. The molecule has 5 atom stereocenters. The van der Waals surface area contributed by atoms with Crippen LogP contribution < -0.4 is 4.74 Å². The van der Waals surface area contributed by atoms with Crippen LogP contribution in [0.4, 0.5) is 26.3 Å². The van der Waals surface area contributed by atoms with Crippen molar-refractivity contribution < 1.29 is 45.7 Å². The monoisotopic (exact) mass is 620 g/mol. The van der Waals surface area contributed by atoms with Crippen molar-refractivity contribution in [3.63, 3.8) is 0 Å². The summed E-state index contributed by atoms with van der Waals surface area (Å²) < 4.78 is 95.5. The van der Waals surface area contributed by atoms with Gasteiger partial charge in [0.15, 0.2) is 5.41 Å². The van der Waals surface area contributed by atoms with Crippen LogP contribution in [0.15, 0.2) is 48.5 Å². The average Bonchev–Trinajstić information content (AvgIpc) is 3.41. The van der Waals surface area contributed by atoms with Crippen molar-refractivity contribution in [3.8, 4) is 16.9 Å². The normalized spacial score (nSPS) is 28.6. The minimum Gasteiger partial charge on any atom is -0.461 e. The lowest BCUT2D eigenvalue weighted by molar-refractivity contribution is -0.195. The van der Waals surface area contributed by atoms with Crippen molar-refractivity contribution in [1.82, 2.24) is 0 Å². The fourth-order valence-electron chi connectivity index (χ4n) is 7.66. The largest absolute Gasteiger partial charge is 0.461 e. The Labute approximate surface area is 251 Å². The molecule has 3 aromatic carbocycles. The van der Waals surface area contributed by atoms with E-state index < -0.39 is 46.8 Å². The first kappa shape index (κ1) is 30.7. The average molecular weight is 621 g/mol. The first-order valence-corrected chi connectivity index (χ1v) is 15.0. The maximum atomic E-state index is 14.5.